The highest BCUT2D eigenvalue weighted by Crippen LogP contribution is 2.25. The molecule has 3 rings (SSSR count). The number of benzene rings is 2. The minimum atomic E-state index is -0.502. The summed E-state index contributed by atoms with van der Waals surface area (Å²) in [5, 5.41) is 2.85. The predicted octanol–water partition coefficient (Wildman–Crippen LogP) is 3.57. The number of anilines is 2. The number of carbonyl (C=O) groups is 2. The van der Waals surface area contributed by atoms with E-state index in [1.54, 1.807) is 16.7 Å². The molecule has 2 aromatic carbocycles. The largest absolute Gasteiger partial charge is 0.322 e. The topological polar surface area (TPSA) is 52.6 Å². The van der Waals surface area contributed by atoms with Gasteiger partial charge in [0.15, 0.2) is 0 Å². The maximum atomic E-state index is 12.9. The van der Waals surface area contributed by atoms with Crippen LogP contribution in [0.1, 0.15) is 18.1 Å². The van der Waals surface area contributed by atoms with Crippen molar-refractivity contribution >= 4 is 23.3 Å². The summed E-state index contributed by atoms with van der Waals surface area (Å²) in [6.45, 7) is 6.79. The second kappa shape index (κ2) is 6.97. The van der Waals surface area contributed by atoms with Gasteiger partial charge in [-0.05, 0) is 50.1 Å². The molecule has 0 spiro atoms. The van der Waals surface area contributed by atoms with Crippen molar-refractivity contribution in [2.45, 2.75) is 26.8 Å². The molecule has 130 valence electrons. The van der Waals surface area contributed by atoms with Crippen molar-refractivity contribution in [3.8, 4) is 0 Å². The average Bonchev–Trinajstić information content (AvgIpc) is 2.60. The third-order valence-electron chi connectivity index (χ3n) is 4.60. The number of para-hydroxylation sites is 1. The number of hydrogen-bond donors (Lipinski definition) is 1. The van der Waals surface area contributed by atoms with Crippen LogP contribution < -0.4 is 10.2 Å². The highest BCUT2D eigenvalue weighted by molar-refractivity contribution is 6.02. The second-order valence-corrected chi connectivity index (χ2v) is 6.45. The van der Waals surface area contributed by atoms with E-state index in [-0.39, 0.29) is 11.9 Å². The first-order valence-electron chi connectivity index (χ1n) is 8.48. The van der Waals surface area contributed by atoms with Crippen LogP contribution in [0.15, 0.2) is 48.5 Å². The molecule has 5 nitrogen and oxygen atoms in total. The molecule has 25 heavy (non-hydrogen) atoms. The molecular formula is C20H23N3O2. The van der Waals surface area contributed by atoms with Gasteiger partial charge in [0.05, 0.1) is 0 Å². The number of amides is 3. The van der Waals surface area contributed by atoms with Gasteiger partial charge in [-0.3, -0.25) is 4.79 Å². The van der Waals surface area contributed by atoms with Gasteiger partial charge in [0.2, 0.25) is 5.91 Å². The lowest BCUT2D eigenvalue weighted by atomic mass is 10.1. The lowest BCUT2D eigenvalue weighted by molar-refractivity contribution is -0.123. The Labute approximate surface area is 148 Å². The molecular weight excluding hydrogens is 314 g/mol. The van der Waals surface area contributed by atoms with E-state index < -0.39 is 6.04 Å². The number of urea groups is 1. The van der Waals surface area contributed by atoms with Crippen molar-refractivity contribution in [1.82, 2.24) is 4.90 Å². The van der Waals surface area contributed by atoms with Gasteiger partial charge in [-0.15, -0.1) is 0 Å². The molecule has 0 radical (unpaired) electrons. The van der Waals surface area contributed by atoms with Crippen LogP contribution in [-0.4, -0.2) is 36.0 Å². The first kappa shape index (κ1) is 17.0. The summed E-state index contributed by atoms with van der Waals surface area (Å²) >= 11 is 0. The van der Waals surface area contributed by atoms with Crippen molar-refractivity contribution in [2.24, 2.45) is 0 Å². The summed E-state index contributed by atoms with van der Waals surface area (Å²) < 4.78 is 0. The van der Waals surface area contributed by atoms with E-state index in [0.29, 0.717) is 13.1 Å². The number of piperazine rings is 1. The normalized spacial score (nSPS) is 17.6. The summed E-state index contributed by atoms with van der Waals surface area (Å²) in [7, 11) is 0. The Morgan fingerprint density at radius 3 is 2.52 bits per heavy atom. The molecule has 1 N–H and O–H groups in total. The molecule has 3 amide bonds. The van der Waals surface area contributed by atoms with Gasteiger partial charge < -0.3 is 15.1 Å². The molecule has 1 heterocycles. The van der Waals surface area contributed by atoms with Gasteiger partial charge in [0.25, 0.3) is 0 Å². The number of aryl methyl sites for hydroxylation is 2. The summed E-state index contributed by atoms with van der Waals surface area (Å²) in [6, 6.07) is 14.6. The number of hydrogen-bond acceptors (Lipinski definition) is 2. The van der Waals surface area contributed by atoms with Crippen LogP contribution in [0.3, 0.4) is 0 Å². The fourth-order valence-electron chi connectivity index (χ4n) is 3.11. The third-order valence-corrected chi connectivity index (χ3v) is 4.60. The van der Waals surface area contributed by atoms with Crippen LogP contribution in [0.4, 0.5) is 16.2 Å². The van der Waals surface area contributed by atoms with Gasteiger partial charge >= 0.3 is 6.03 Å². The van der Waals surface area contributed by atoms with Gasteiger partial charge in [-0.1, -0.05) is 30.3 Å². The predicted molar refractivity (Wildman–Crippen MR) is 99.9 cm³/mol. The van der Waals surface area contributed by atoms with Gasteiger partial charge in [0.1, 0.15) is 6.04 Å². The van der Waals surface area contributed by atoms with E-state index in [0.717, 1.165) is 22.5 Å². The summed E-state index contributed by atoms with van der Waals surface area (Å²) in [6.07, 6.45) is 0. The molecule has 1 saturated heterocycles. The highest BCUT2D eigenvalue weighted by Gasteiger charge is 2.35. The molecule has 1 aliphatic rings. The van der Waals surface area contributed by atoms with Crippen molar-refractivity contribution in [3.63, 3.8) is 0 Å². The van der Waals surface area contributed by atoms with Gasteiger partial charge in [0, 0.05) is 24.5 Å². The number of rotatable bonds is 2. The van der Waals surface area contributed by atoms with E-state index in [4.69, 9.17) is 0 Å². The fraction of sp³-hybridized carbons (Fsp3) is 0.300. The quantitative estimate of drug-likeness (QED) is 0.911. The first-order chi connectivity index (χ1) is 12.0. The SMILES string of the molecule is Cc1ccc(C)c(N2CCN(C(=O)Nc3ccccc3)C(C)C2=O)c1. The van der Waals surface area contributed by atoms with Crippen molar-refractivity contribution in [2.75, 3.05) is 23.3 Å². The monoisotopic (exact) mass is 337 g/mol. The Morgan fingerprint density at radius 2 is 1.80 bits per heavy atom. The molecule has 0 aliphatic carbocycles. The number of nitrogens with one attached hydrogen (secondary N) is 1. The minimum Gasteiger partial charge on any atom is -0.311 e. The van der Waals surface area contributed by atoms with E-state index in [2.05, 4.69) is 5.32 Å². The zero-order chi connectivity index (χ0) is 18.0. The zero-order valence-corrected chi connectivity index (χ0v) is 14.8. The summed E-state index contributed by atoms with van der Waals surface area (Å²) in [5.41, 5.74) is 3.84. The van der Waals surface area contributed by atoms with Crippen LogP contribution in [0.5, 0.6) is 0 Å². The van der Waals surface area contributed by atoms with Crippen molar-refractivity contribution < 1.29 is 9.59 Å². The smallest absolute Gasteiger partial charge is 0.311 e. The third kappa shape index (κ3) is 3.50. The van der Waals surface area contributed by atoms with E-state index in [1.807, 2.05) is 62.4 Å². The molecule has 0 bridgehead atoms. The maximum absolute atomic E-state index is 12.9. The van der Waals surface area contributed by atoms with Crippen LogP contribution in [0, 0.1) is 13.8 Å². The minimum absolute atomic E-state index is 0.0526. The lowest BCUT2D eigenvalue weighted by Gasteiger charge is -2.39. The molecule has 1 atom stereocenters. The Morgan fingerprint density at radius 1 is 1.08 bits per heavy atom. The molecule has 0 aromatic heterocycles. The molecule has 5 heteroatoms. The Balaban J connectivity index is 1.75. The van der Waals surface area contributed by atoms with Crippen LogP contribution in [0.25, 0.3) is 0 Å². The lowest BCUT2D eigenvalue weighted by Crippen LogP contribution is -2.58. The van der Waals surface area contributed by atoms with E-state index >= 15 is 0 Å². The molecule has 1 aliphatic heterocycles. The molecule has 2 aromatic rings. The first-order valence-corrected chi connectivity index (χ1v) is 8.48. The van der Waals surface area contributed by atoms with Crippen LogP contribution in [0.2, 0.25) is 0 Å². The number of nitrogens with zero attached hydrogens (tertiary/aromatic N) is 2. The molecule has 1 fully saturated rings. The van der Waals surface area contributed by atoms with E-state index in [9.17, 15) is 9.59 Å². The van der Waals surface area contributed by atoms with Crippen molar-refractivity contribution in [1.29, 1.82) is 0 Å². The van der Waals surface area contributed by atoms with Crippen molar-refractivity contribution in [3.05, 3.63) is 59.7 Å². The van der Waals surface area contributed by atoms with E-state index in [1.165, 1.54) is 0 Å². The summed E-state index contributed by atoms with van der Waals surface area (Å²) in [4.78, 5) is 28.8. The van der Waals surface area contributed by atoms with Crippen LogP contribution in [-0.2, 0) is 4.79 Å². The Kier molecular flexibility index (Phi) is 4.74. The molecule has 1 unspecified atom stereocenters. The summed E-state index contributed by atoms with van der Waals surface area (Å²) in [5.74, 6) is -0.0526. The highest BCUT2D eigenvalue weighted by atomic mass is 16.2. The maximum Gasteiger partial charge on any atom is 0.322 e. The Hall–Kier alpha value is -2.82. The molecule has 0 saturated carbocycles. The van der Waals surface area contributed by atoms with Gasteiger partial charge in [-0.25, -0.2) is 4.79 Å². The fourth-order valence-corrected chi connectivity index (χ4v) is 3.11. The Bertz CT molecular complexity index is 789. The zero-order valence-electron chi connectivity index (χ0n) is 14.8. The van der Waals surface area contributed by atoms with Crippen LogP contribution >= 0.6 is 0 Å². The average molecular weight is 337 g/mol. The number of carbonyl (C=O) groups excluding carboxylic acids is 2. The standard InChI is InChI=1S/C20H23N3O2/c1-14-9-10-15(2)18(13-14)23-12-11-22(16(3)19(23)24)20(25)21-17-7-5-4-6-8-17/h4-10,13,16H,11-12H2,1-3H3,(H,21,25). The van der Waals surface area contributed by atoms with Gasteiger partial charge in [-0.2, -0.15) is 0 Å². The second-order valence-electron chi connectivity index (χ2n) is 6.45.